The SMILES string of the molecule is CCc1cccc(CC)c1C1=C(C)CC(C)=C(COCc2cc(C(C)C)ccc2C)C(C)=N1. The lowest BCUT2D eigenvalue weighted by Gasteiger charge is -2.16. The molecular weight excluding hydrogens is 402 g/mol. The summed E-state index contributed by atoms with van der Waals surface area (Å²) >= 11 is 0. The first-order valence-electron chi connectivity index (χ1n) is 12.5. The molecule has 1 heterocycles. The van der Waals surface area contributed by atoms with E-state index in [4.69, 9.17) is 9.73 Å². The van der Waals surface area contributed by atoms with Crippen molar-refractivity contribution in [1.29, 1.82) is 0 Å². The highest BCUT2D eigenvalue weighted by atomic mass is 16.5. The smallest absolute Gasteiger partial charge is 0.0738 e. The molecule has 0 aromatic heterocycles. The average Bonchev–Trinajstić information content (AvgIpc) is 2.89. The predicted octanol–water partition coefficient (Wildman–Crippen LogP) is 8.37. The summed E-state index contributed by atoms with van der Waals surface area (Å²) in [6, 6.07) is 13.4. The minimum Gasteiger partial charge on any atom is -0.372 e. The quantitative estimate of drug-likeness (QED) is 0.401. The van der Waals surface area contributed by atoms with Gasteiger partial charge < -0.3 is 4.74 Å². The van der Waals surface area contributed by atoms with Crippen molar-refractivity contribution in [3.63, 3.8) is 0 Å². The Labute approximate surface area is 201 Å². The van der Waals surface area contributed by atoms with Crippen LogP contribution in [0.25, 0.3) is 5.70 Å². The molecule has 33 heavy (non-hydrogen) atoms. The van der Waals surface area contributed by atoms with Crippen LogP contribution in [0.1, 0.15) is 94.2 Å². The molecule has 0 spiro atoms. The van der Waals surface area contributed by atoms with Gasteiger partial charge in [0.1, 0.15) is 0 Å². The molecular formula is C31H41NO. The van der Waals surface area contributed by atoms with Crippen molar-refractivity contribution in [2.75, 3.05) is 6.61 Å². The second kappa shape index (κ2) is 11.1. The van der Waals surface area contributed by atoms with Gasteiger partial charge in [0.05, 0.1) is 18.9 Å². The van der Waals surface area contributed by atoms with Crippen LogP contribution in [-0.2, 0) is 24.2 Å². The summed E-state index contributed by atoms with van der Waals surface area (Å²) in [5.74, 6) is 0.525. The van der Waals surface area contributed by atoms with Crippen LogP contribution in [0.2, 0.25) is 0 Å². The van der Waals surface area contributed by atoms with E-state index in [9.17, 15) is 0 Å². The number of benzene rings is 2. The Morgan fingerprint density at radius 2 is 1.52 bits per heavy atom. The zero-order valence-corrected chi connectivity index (χ0v) is 21.9. The fraction of sp³-hybridized carbons (Fsp3) is 0.452. The van der Waals surface area contributed by atoms with Gasteiger partial charge in [-0.3, -0.25) is 4.99 Å². The molecule has 2 nitrogen and oxygen atoms in total. The number of hydrogen-bond donors (Lipinski definition) is 0. The van der Waals surface area contributed by atoms with Gasteiger partial charge in [0, 0.05) is 11.3 Å². The predicted molar refractivity (Wildman–Crippen MR) is 143 cm³/mol. The number of aliphatic imine (C=N–C) groups is 1. The third-order valence-electron chi connectivity index (χ3n) is 6.95. The third-order valence-corrected chi connectivity index (χ3v) is 6.95. The Hall–Kier alpha value is -2.45. The number of rotatable bonds is 8. The standard InChI is InChI=1S/C31H41NO/c1-9-25-12-11-13-26(10-2)30(25)31-23(7)16-22(6)29(24(8)32-31)19-33-18-28-17-27(20(3)4)15-14-21(28)5/h11-15,17,20H,9-10,16,18-19H2,1-8H3. The summed E-state index contributed by atoms with van der Waals surface area (Å²) in [5.41, 5.74) is 14.3. The fourth-order valence-electron chi connectivity index (χ4n) is 4.74. The lowest BCUT2D eigenvalue weighted by Crippen LogP contribution is -2.09. The molecule has 1 aliphatic heterocycles. The Kier molecular flexibility index (Phi) is 8.48. The first-order valence-corrected chi connectivity index (χ1v) is 12.5. The van der Waals surface area contributed by atoms with Gasteiger partial charge in [-0.15, -0.1) is 0 Å². The molecule has 0 saturated heterocycles. The number of ether oxygens (including phenoxy) is 1. The molecule has 0 saturated carbocycles. The van der Waals surface area contributed by atoms with Crippen LogP contribution in [0.15, 0.2) is 58.1 Å². The van der Waals surface area contributed by atoms with Gasteiger partial charge in [-0.05, 0) is 91.8 Å². The maximum absolute atomic E-state index is 6.28. The van der Waals surface area contributed by atoms with Gasteiger partial charge in [0.15, 0.2) is 0 Å². The highest BCUT2D eigenvalue weighted by Crippen LogP contribution is 2.34. The lowest BCUT2D eigenvalue weighted by atomic mass is 9.92. The Morgan fingerprint density at radius 1 is 0.848 bits per heavy atom. The van der Waals surface area contributed by atoms with Crippen molar-refractivity contribution in [2.24, 2.45) is 4.99 Å². The highest BCUT2D eigenvalue weighted by Gasteiger charge is 2.19. The Balaban J connectivity index is 1.85. The van der Waals surface area contributed by atoms with Crippen LogP contribution >= 0.6 is 0 Å². The molecule has 2 aromatic carbocycles. The van der Waals surface area contributed by atoms with Crippen LogP contribution in [0, 0.1) is 6.92 Å². The van der Waals surface area contributed by atoms with Gasteiger partial charge in [0.25, 0.3) is 0 Å². The van der Waals surface area contributed by atoms with E-state index >= 15 is 0 Å². The second-order valence-corrected chi connectivity index (χ2v) is 9.75. The van der Waals surface area contributed by atoms with Gasteiger partial charge in [0.2, 0.25) is 0 Å². The Bertz CT molecular complexity index is 1080. The van der Waals surface area contributed by atoms with Gasteiger partial charge >= 0.3 is 0 Å². The van der Waals surface area contributed by atoms with Gasteiger partial charge in [-0.1, -0.05) is 69.7 Å². The van der Waals surface area contributed by atoms with Crippen LogP contribution < -0.4 is 0 Å². The number of nitrogens with zero attached hydrogens (tertiary/aromatic N) is 1. The molecule has 176 valence electrons. The molecule has 0 atom stereocenters. The topological polar surface area (TPSA) is 21.6 Å². The number of hydrogen-bond acceptors (Lipinski definition) is 2. The fourth-order valence-corrected chi connectivity index (χ4v) is 4.74. The van der Waals surface area contributed by atoms with Crippen molar-refractivity contribution in [1.82, 2.24) is 0 Å². The molecule has 0 bridgehead atoms. The van der Waals surface area contributed by atoms with E-state index in [0.29, 0.717) is 19.1 Å². The van der Waals surface area contributed by atoms with Crippen LogP contribution in [0.3, 0.4) is 0 Å². The van der Waals surface area contributed by atoms with E-state index in [1.807, 2.05) is 0 Å². The average molecular weight is 444 g/mol. The maximum atomic E-state index is 6.28. The van der Waals surface area contributed by atoms with E-state index in [2.05, 4.69) is 91.8 Å². The van der Waals surface area contributed by atoms with Crippen molar-refractivity contribution < 1.29 is 4.74 Å². The molecule has 1 aliphatic rings. The molecule has 0 radical (unpaired) electrons. The summed E-state index contributed by atoms with van der Waals surface area (Å²) in [6.07, 6.45) is 2.98. The molecule has 2 aromatic rings. The molecule has 0 amide bonds. The maximum Gasteiger partial charge on any atom is 0.0738 e. The monoisotopic (exact) mass is 443 g/mol. The molecule has 3 rings (SSSR count). The Morgan fingerprint density at radius 3 is 2.12 bits per heavy atom. The first kappa shape index (κ1) is 25.2. The molecule has 0 fully saturated rings. The molecule has 0 N–H and O–H groups in total. The molecule has 2 heteroatoms. The summed E-state index contributed by atoms with van der Waals surface area (Å²) < 4.78 is 6.28. The normalized spacial score (nSPS) is 14.8. The highest BCUT2D eigenvalue weighted by molar-refractivity contribution is 6.03. The summed E-state index contributed by atoms with van der Waals surface area (Å²) in [7, 11) is 0. The van der Waals surface area contributed by atoms with Crippen molar-refractivity contribution in [3.8, 4) is 0 Å². The minimum absolute atomic E-state index is 0.525. The van der Waals surface area contributed by atoms with Crippen LogP contribution in [0.4, 0.5) is 0 Å². The second-order valence-electron chi connectivity index (χ2n) is 9.75. The van der Waals surface area contributed by atoms with Crippen LogP contribution in [-0.4, -0.2) is 12.3 Å². The molecule has 0 aliphatic carbocycles. The molecule has 0 unspecified atom stereocenters. The summed E-state index contributed by atoms with van der Waals surface area (Å²) in [4.78, 5) is 5.22. The van der Waals surface area contributed by atoms with Crippen molar-refractivity contribution >= 4 is 11.4 Å². The lowest BCUT2D eigenvalue weighted by molar-refractivity contribution is 0.144. The summed E-state index contributed by atoms with van der Waals surface area (Å²) in [6.45, 7) is 19.0. The van der Waals surface area contributed by atoms with E-state index in [-0.39, 0.29) is 0 Å². The number of allylic oxidation sites excluding steroid dienone is 2. The van der Waals surface area contributed by atoms with E-state index in [0.717, 1.165) is 30.7 Å². The van der Waals surface area contributed by atoms with Gasteiger partial charge in [-0.25, -0.2) is 0 Å². The van der Waals surface area contributed by atoms with E-state index < -0.39 is 0 Å². The first-order chi connectivity index (χ1) is 15.8. The number of aryl methyl sites for hydroxylation is 3. The van der Waals surface area contributed by atoms with Crippen molar-refractivity contribution in [3.05, 3.63) is 86.5 Å². The third kappa shape index (κ3) is 5.73. The zero-order chi connectivity index (χ0) is 24.1. The van der Waals surface area contributed by atoms with Crippen LogP contribution in [0.5, 0.6) is 0 Å². The van der Waals surface area contributed by atoms with E-state index in [1.54, 1.807) is 0 Å². The zero-order valence-electron chi connectivity index (χ0n) is 21.9. The van der Waals surface area contributed by atoms with Crippen molar-refractivity contribution in [2.45, 2.75) is 87.2 Å². The van der Waals surface area contributed by atoms with Gasteiger partial charge in [-0.2, -0.15) is 0 Å². The largest absolute Gasteiger partial charge is 0.372 e. The van der Waals surface area contributed by atoms with E-state index in [1.165, 1.54) is 50.1 Å². The minimum atomic E-state index is 0.525. The summed E-state index contributed by atoms with van der Waals surface area (Å²) in [5, 5.41) is 0.